The Kier molecular flexibility index (Phi) is 5.11. The van der Waals surface area contributed by atoms with Crippen molar-refractivity contribution in [2.24, 2.45) is 0 Å². The van der Waals surface area contributed by atoms with Gasteiger partial charge in [0.25, 0.3) is 0 Å². The molecule has 0 atom stereocenters. The first-order valence-electron chi connectivity index (χ1n) is 14.6. The molecule has 0 fully saturated rings. The van der Waals surface area contributed by atoms with Gasteiger partial charge in [-0.05, 0) is 50.6 Å². The maximum Gasteiger partial charge on any atom is 0.164 e. The summed E-state index contributed by atoms with van der Waals surface area (Å²) in [6.45, 7) is 0. The molecule has 0 radical (unpaired) electrons. The standard InChI is InChI=1S/C40H25N3/c1-3-13-26(14-4-1)37-41-38(27-15-5-2-6-16-27)43-39(42-37)28-23-24-32-31-19-9-12-22-35(31)40(36(32)25-28)33-20-10-7-17-29(33)30-18-8-11-21-34(30)40/h1-25H. The zero-order valence-electron chi connectivity index (χ0n) is 23.3. The van der Waals surface area contributed by atoms with Crippen molar-refractivity contribution >= 4 is 0 Å². The van der Waals surface area contributed by atoms with Gasteiger partial charge in [0.2, 0.25) is 0 Å². The van der Waals surface area contributed by atoms with Crippen molar-refractivity contribution in [3.63, 3.8) is 0 Å². The van der Waals surface area contributed by atoms with Crippen molar-refractivity contribution < 1.29 is 0 Å². The van der Waals surface area contributed by atoms with E-state index in [1.54, 1.807) is 0 Å². The maximum atomic E-state index is 5.06. The Morgan fingerprint density at radius 3 is 1.14 bits per heavy atom. The summed E-state index contributed by atoms with van der Waals surface area (Å²) in [5.74, 6) is 2.00. The molecule has 1 spiro atoms. The third-order valence-corrected chi connectivity index (χ3v) is 8.95. The first-order valence-corrected chi connectivity index (χ1v) is 14.6. The van der Waals surface area contributed by atoms with Gasteiger partial charge in [-0.15, -0.1) is 0 Å². The van der Waals surface area contributed by atoms with Crippen LogP contribution < -0.4 is 0 Å². The summed E-state index contributed by atoms with van der Waals surface area (Å²) < 4.78 is 0. The molecule has 9 rings (SSSR count). The average molecular weight is 548 g/mol. The molecule has 0 saturated carbocycles. The van der Waals surface area contributed by atoms with Gasteiger partial charge in [-0.2, -0.15) is 0 Å². The highest BCUT2D eigenvalue weighted by Crippen LogP contribution is 2.62. The summed E-state index contributed by atoms with van der Waals surface area (Å²) in [5.41, 5.74) is 12.9. The number of rotatable bonds is 3. The molecular weight excluding hydrogens is 522 g/mol. The molecule has 0 saturated heterocycles. The molecule has 200 valence electrons. The van der Waals surface area contributed by atoms with Gasteiger partial charge in [0.05, 0.1) is 5.41 Å². The first-order chi connectivity index (χ1) is 21.3. The first kappa shape index (κ1) is 24.0. The molecule has 2 aliphatic carbocycles. The number of hydrogen-bond donors (Lipinski definition) is 0. The molecule has 3 nitrogen and oxygen atoms in total. The summed E-state index contributed by atoms with van der Waals surface area (Å²) >= 11 is 0. The smallest absolute Gasteiger partial charge is 0.164 e. The quantitative estimate of drug-likeness (QED) is 0.221. The van der Waals surface area contributed by atoms with Crippen LogP contribution in [0.1, 0.15) is 22.3 Å². The Bertz CT molecular complexity index is 2060. The van der Waals surface area contributed by atoms with Gasteiger partial charge in [-0.25, -0.2) is 15.0 Å². The van der Waals surface area contributed by atoms with E-state index in [0.29, 0.717) is 17.5 Å². The van der Waals surface area contributed by atoms with Crippen molar-refractivity contribution in [1.29, 1.82) is 0 Å². The molecule has 7 aromatic rings. The lowest BCUT2D eigenvalue weighted by Crippen LogP contribution is -2.25. The summed E-state index contributed by atoms with van der Waals surface area (Å²) in [6.07, 6.45) is 0. The van der Waals surface area contributed by atoms with Crippen LogP contribution in [0.3, 0.4) is 0 Å². The number of benzene rings is 6. The lowest BCUT2D eigenvalue weighted by atomic mass is 9.70. The van der Waals surface area contributed by atoms with Crippen molar-refractivity contribution in [3.8, 4) is 56.4 Å². The normalized spacial score (nSPS) is 13.3. The van der Waals surface area contributed by atoms with Crippen LogP contribution in [0.15, 0.2) is 152 Å². The van der Waals surface area contributed by atoms with E-state index in [2.05, 4.69) is 115 Å². The molecule has 1 aromatic heterocycles. The van der Waals surface area contributed by atoms with Crippen molar-refractivity contribution in [3.05, 3.63) is 174 Å². The zero-order chi connectivity index (χ0) is 28.4. The Hall–Kier alpha value is -5.67. The predicted octanol–water partition coefficient (Wildman–Crippen LogP) is 9.22. The van der Waals surface area contributed by atoms with E-state index in [4.69, 9.17) is 15.0 Å². The monoisotopic (exact) mass is 547 g/mol. The fourth-order valence-corrected chi connectivity index (χ4v) is 7.17. The van der Waals surface area contributed by atoms with Crippen LogP contribution in [0.2, 0.25) is 0 Å². The van der Waals surface area contributed by atoms with Crippen molar-refractivity contribution in [2.45, 2.75) is 5.41 Å². The minimum absolute atomic E-state index is 0.410. The van der Waals surface area contributed by atoms with Gasteiger partial charge in [0.1, 0.15) is 0 Å². The molecule has 0 bridgehead atoms. The lowest BCUT2D eigenvalue weighted by Gasteiger charge is -2.30. The highest BCUT2D eigenvalue weighted by molar-refractivity contribution is 5.95. The molecule has 43 heavy (non-hydrogen) atoms. The molecular formula is C40H25N3. The second kappa shape index (κ2) is 9.17. The van der Waals surface area contributed by atoms with E-state index >= 15 is 0 Å². The minimum atomic E-state index is -0.410. The van der Waals surface area contributed by atoms with Crippen LogP contribution in [0, 0.1) is 0 Å². The number of hydrogen-bond acceptors (Lipinski definition) is 3. The third kappa shape index (κ3) is 3.39. The molecule has 0 amide bonds. The van der Waals surface area contributed by atoms with E-state index in [1.807, 2.05) is 36.4 Å². The van der Waals surface area contributed by atoms with Crippen molar-refractivity contribution in [1.82, 2.24) is 15.0 Å². The van der Waals surface area contributed by atoms with E-state index in [9.17, 15) is 0 Å². The van der Waals surface area contributed by atoms with E-state index in [0.717, 1.165) is 16.7 Å². The van der Waals surface area contributed by atoms with Gasteiger partial charge in [-0.1, -0.05) is 146 Å². The molecule has 0 N–H and O–H groups in total. The number of nitrogens with zero attached hydrogens (tertiary/aromatic N) is 3. The Morgan fingerprint density at radius 2 is 0.674 bits per heavy atom. The average Bonchev–Trinajstić information content (AvgIpc) is 3.56. The van der Waals surface area contributed by atoms with Gasteiger partial charge in [-0.3, -0.25) is 0 Å². The SMILES string of the molecule is c1ccc(-c2nc(-c3ccccc3)nc(-c3ccc4c(c3)C3(c5ccccc5-c5ccccc53)c3ccccc3-4)n2)cc1. The Labute approximate surface area is 250 Å². The van der Waals surface area contributed by atoms with E-state index in [-0.39, 0.29) is 0 Å². The number of aromatic nitrogens is 3. The van der Waals surface area contributed by atoms with Crippen LogP contribution in [0.25, 0.3) is 56.4 Å². The summed E-state index contributed by atoms with van der Waals surface area (Å²) in [5, 5.41) is 0. The molecule has 0 unspecified atom stereocenters. The zero-order valence-corrected chi connectivity index (χ0v) is 23.3. The van der Waals surface area contributed by atoms with Gasteiger partial charge >= 0.3 is 0 Å². The van der Waals surface area contributed by atoms with Crippen LogP contribution >= 0.6 is 0 Å². The van der Waals surface area contributed by atoms with Gasteiger partial charge in [0, 0.05) is 16.7 Å². The van der Waals surface area contributed by atoms with E-state index < -0.39 is 5.41 Å². The van der Waals surface area contributed by atoms with Crippen LogP contribution in [-0.2, 0) is 5.41 Å². The number of fused-ring (bicyclic) bond motifs is 10. The highest BCUT2D eigenvalue weighted by atomic mass is 15.0. The largest absolute Gasteiger partial charge is 0.208 e. The Morgan fingerprint density at radius 1 is 0.302 bits per heavy atom. The summed E-state index contributed by atoms with van der Waals surface area (Å²) in [4.78, 5) is 15.0. The van der Waals surface area contributed by atoms with Crippen molar-refractivity contribution in [2.75, 3.05) is 0 Å². The second-order valence-electron chi connectivity index (χ2n) is 11.2. The Balaban J connectivity index is 1.32. The fourth-order valence-electron chi connectivity index (χ4n) is 7.17. The molecule has 3 heteroatoms. The van der Waals surface area contributed by atoms with Crippen LogP contribution in [0.5, 0.6) is 0 Å². The topological polar surface area (TPSA) is 38.7 Å². The van der Waals surface area contributed by atoms with Gasteiger partial charge < -0.3 is 0 Å². The summed E-state index contributed by atoms with van der Waals surface area (Å²) in [7, 11) is 0. The van der Waals surface area contributed by atoms with E-state index in [1.165, 1.54) is 44.5 Å². The molecule has 6 aromatic carbocycles. The van der Waals surface area contributed by atoms with Gasteiger partial charge in [0.15, 0.2) is 17.5 Å². The third-order valence-electron chi connectivity index (χ3n) is 8.95. The molecule has 2 aliphatic rings. The van der Waals surface area contributed by atoms with Crippen LogP contribution in [0.4, 0.5) is 0 Å². The predicted molar refractivity (Wildman–Crippen MR) is 172 cm³/mol. The lowest BCUT2D eigenvalue weighted by molar-refractivity contribution is 0.794. The summed E-state index contributed by atoms with van der Waals surface area (Å²) in [6, 6.07) is 53.7. The molecule has 0 aliphatic heterocycles. The fraction of sp³-hybridized carbons (Fsp3) is 0.0250. The second-order valence-corrected chi connectivity index (χ2v) is 11.2. The molecule has 1 heterocycles. The minimum Gasteiger partial charge on any atom is -0.208 e. The van der Waals surface area contributed by atoms with Crippen LogP contribution in [-0.4, -0.2) is 15.0 Å². The highest BCUT2D eigenvalue weighted by Gasteiger charge is 2.51. The maximum absolute atomic E-state index is 5.06.